The van der Waals surface area contributed by atoms with Gasteiger partial charge in [0.05, 0.1) is 11.0 Å². The summed E-state index contributed by atoms with van der Waals surface area (Å²) in [7, 11) is 7.72. The van der Waals surface area contributed by atoms with Crippen LogP contribution >= 0.6 is 0 Å². The predicted molar refractivity (Wildman–Crippen MR) is 71.5 cm³/mol. The van der Waals surface area contributed by atoms with Gasteiger partial charge in [-0.2, -0.15) is 0 Å². The Bertz CT molecular complexity index is 668. The molecule has 0 atom stereocenters. The number of fused-ring (bicyclic) bond motifs is 1. The zero-order valence-electron chi connectivity index (χ0n) is 9.59. The van der Waals surface area contributed by atoms with Crippen LogP contribution in [0.1, 0.15) is 0 Å². The second-order valence-electron chi connectivity index (χ2n) is 4.11. The summed E-state index contributed by atoms with van der Waals surface area (Å²) in [5.74, 6) is 0.964. The van der Waals surface area contributed by atoms with Gasteiger partial charge in [-0.05, 0) is 12.1 Å². The smallest absolute Gasteiger partial charge is 0.140 e. The Labute approximate surface area is 101 Å². The second-order valence-corrected chi connectivity index (χ2v) is 4.11. The summed E-state index contributed by atoms with van der Waals surface area (Å²) in [6.07, 6.45) is 0. The van der Waals surface area contributed by atoms with Crippen LogP contribution in [-0.4, -0.2) is 17.4 Å². The highest BCUT2D eigenvalue weighted by Crippen LogP contribution is 2.22. The van der Waals surface area contributed by atoms with E-state index in [2.05, 4.69) is 15.6 Å². The molecule has 3 heteroatoms. The highest BCUT2D eigenvalue weighted by Gasteiger charge is 2.08. The minimum absolute atomic E-state index is 0.771. The summed E-state index contributed by atoms with van der Waals surface area (Å²) in [5, 5.41) is 0. The van der Waals surface area contributed by atoms with E-state index < -0.39 is 0 Å². The van der Waals surface area contributed by atoms with Crippen LogP contribution in [0.4, 0.5) is 0 Å². The van der Waals surface area contributed by atoms with Crippen molar-refractivity contribution in [3.05, 3.63) is 48.5 Å². The number of imidazole rings is 1. The lowest BCUT2D eigenvalue weighted by Gasteiger charge is -2.02. The molecule has 80 valence electrons. The van der Waals surface area contributed by atoms with Crippen molar-refractivity contribution >= 4 is 24.3 Å². The topological polar surface area (TPSA) is 17.8 Å². The van der Waals surface area contributed by atoms with Gasteiger partial charge in [-0.1, -0.05) is 41.9 Å². The third-order valence-electron chi connectivity index (χ3n) is 2.96. The number of nitrogens with zero attached hydrogens (tertiary/aromatic N) is 2. The van der Waals surface area contributed by atoms with Gasteiger partial charge in [-0.3, -0.25) is 0 Å². The molecular formula is C14H11BN2. The fourth-order valence-electron chi connectivity index (χ4n) is 2.04. The first kappa shape index (κ1) is 10.1. The molecule has 0 saturated heterocycles. The average molecular weight is 218 g/mol. The van der Waals surface area contributed by atoms with E-state index in [1.165, 1.54) is 0 Å². The Morgan fingerprint density at radius 3 is 2.41 bits per heavy atom. The maximum absolute atomic E-state index is 5.69. The summed E-state index contributed by atoms with van der Waals surface area (Å²) in [6, 6.07) is 15.9. The number of hydrogen-bond donors (Lipinski definition) is 0. The quantitative estimate of drug-likeness (QED) is 0.571. The van der Waals surface area contributed by atoms with Crippen LogP contribution in [0.3, 0.4) is 0 Å². The van der Waals surface area contributed by atoms with Crippen LogP contribution in [0.25, 0.3) is 22.4 Å². The molecule has 0 fully saturated rings. The molecule has 0 aliphatic heterocycles. The molecule has 0 aliphatic rings. The zero-order chi connectivity index (χ0) is 11.8. The van der Waals surface area contributed by atoms with Gasteiger partial charge in [-0.25, -0.2) is 4.98 Å². The van der Waals surface area contributed by atoms with Crippen LogP contribution in [-0.2, 0) is 7.05 Å². The SMILES string of the molecule is [B]c1ccc(-c2nc3ccccc3n2C)cc1. The summed E-state index contributed by atoms with van der Waals surface area (Å²) in [5.41, 5.74) is 4.01. The molecule has 1 heterocycles. The fraction of sp³-hybridized carbons (Fsp3) is 0.0714. The molecule has 0 spiro atoms. The lowest BCUT2D eigenvalue weighted by Crippen LogP contribution is -2.00. The fourth-order valence-corrected chi connectivity index (χ4v) is 2.04. The molecule has 2 nitrogen and oxygen atoms in total. The van der Waals surface area contributed by atoms with Crippen molar-refractivity contribution in [2.24, 2.45) is 7.05 Å². The van der Waals surface area contributed by atoms with Gasteiger partial charge in [0.1, 0.15) is 13.7 Å². The Morgan fingerprint density at radius 2 is 1.71 bits per heavy atom. The number of aromatic nitrogens is 2. The summed E-state index contributed by atoms with van der Waals surface area (Å²) >= 11 is 0. The van der Waals surface area contributed by atoms with Gasteiger partial charge >= 0.3 is 0 Å². The van der Waals surface area contributed by atoms with Crippen molar-refractivity contribution in [2.45, 2.75) is 0 Å². The van der Waals surface area contributed by atoms with Crippen molar-refractivity contribution < 1.29 is 0 Å². The molecule has 0 N–H and O–H groups in total. The van der Waals surface area contributed by atoms with Gasteiger partial charge in [-0.15, -0.1) is 0 Å². The zero-order valence-corrected chi connectivity index (χ0v) is 9.59. The number of aryl methyl sites for hydroxylation is 1. The van der Waals surface area contributed by atoms with Crippen molar-refractivity contribution in [3.63, 3.8) is 0 Å². The van der Waals surface area contributed by atoms with Crippen molar-refractivity contribution in [1.82, 2.24) is 9.55 Å². The average Bonchev–Trinajstić information content (AvgIpc) is 2.69. The second kappa shape index (κ2) is 3.77. The molecule has 0 bridgehead atoms. The minimum atomic E-state index is 0.771. The normalized spacial score (nSPS) is 10.9. The molecule has 0 saturated carbocycles. The van der Waals surface area contributed by atoms with E-state index in [9.17, 15) is 0 Å². The summed E-state index contributed by atoms with van der Waals surface area (Å²) in [6.45, 7) is 0. The predicted octanol–water partition coefficient (Wildman–Crippen LogP) is 2.03. The van der Waals surface area contributed by atoms with Gasteiger partial charge in [0.15, 0.2) is 0 Å². The standard InChI is InChI=1S/C14H11BN2/c1-17-13-5-3-2-4-12(13)16-14(17)10-6-8-11(15)9-7-10/h2-9H,1H3. The lowest BCUT2D eigenvalue weighted by molar-refractivity contribution is 0.959. The van der Waals surface area contributed by atoms with Crippen molar-refractivity contribution in [2.75, 3.05) is 0 Å². The number of para-hydroxylation sites is 2. The van der Waals surface area contributed by atoms with E-state index in [1.54, 1.807) is 0 Å². The van der Waals surface area contributed by atoms with Crippen LogP contribution in [0.15, 0.2) is 48.5 Å². The van der Waals surface area contributed by atoms with Gasteiger partial charge < -0.3 is 4.57 Å². The largest absolute Gasteiger partial charge is 0.327 e. The third-order valence-corrected chi connectivity index (χ3v) is 2.96. The Balaban J connectivity index is 2.24. The maximum Gasteiger partial charge on any atom is 0.140 e. The Kier molecular flexibility index (Phi) is 2.25. The molecule has 17 heavy (non-hydrogen) atoms. The lowest BCUT2D eigenvalue weighted by atomic mass is 9.95. The minimum Gasteiger partial charge on any atom is -0.327 e. The first-order valence-electron chi connectivity index (χ1n) is 5.53. The Hall–Kier alpha value is -2.03. The first-order chi connectivity index (χ1) is 8.25. The molecule has 0 amide bonds. The van der Waals surface area contributed by atoms with Crippen LogP contribution in [0.5, 0.6) is 0 Å². The highest BCUT2D eigenvalue weighted by atomic mass is 15.1. The van der Waals surface area contributed by atoms with E-state index in [-0.39, 0.29) is 0 Å². The van der Waals surface area contributed by atoms with E-state index in [4.69, 9.17) is 7.85 Å². The number of rotatable bonds is 1. The van der Waals surface area contributed by atoms with Gasteiger partial charge in [0.25, 0.3) is 0 Å². The van der Waals surface area contributed by atoms with E-state index >= 15 is 0 Å². The first-order valence-corrected chi connectivity index (χ1v) is 5.53. The van der Waals surface area contributed by atoms with Crippen LogP contribution in [0.2, 0.25) is 0 Å². The van der Waals surface area contributed by atoms with Crippen molar-refractivity contribution in [3.8, 4) is 11.4 Å². The van der Waals surface area contributed by atoms with E-state index in [0.29, 0.717) is 0 Å². The van der Waals surface area contributed by atoms with Crippen LogP contribution in [0, 0.1) is 0 Å². The Morgan fingerprint density at radius 1 is 1.00 bits per heavy atom. The monoisotopic (exact) mass is 218 g/mol. The molecule has 1 aromatic heterocycles. The number of hydrogen-bond acceptors (Lipinski definition) is 1. The van der Waals surface area contributed by atoms with E-state index in [1.807, 2.05) is 49.5 Å². The molecular weight excluding hydrogens is 207 g/mol. The van der Waals surface area contributed by atoms with Gasteiger partial charge in [0.2, 0.25) is 0 Å². The molecule has 0 unspecified atom stereocenters. The van der Waals surface area contributed by atoms with Gasteiger partial charge in [0, 0.05) is 12.6 Å². The molecule has 2 aromatic carbocycles. The number of benzene rings is 2. The molecule has 3 rings (SSSR count). The molecule has 2 radical (unpaired) electrons. The van der Waals surface area contributed by atoms with Crippen molar-refractivity contribution in [1.29, 1.82) is 0 Å². The highest BCUT2D eigenvalue weighted by molar-refractivity contribution is 6.32. The maximum atomic E-state index is 5.69. The third kappa shape index (κ3) is 1.64. The molecule has 3 aromatic rings. The molecule has 0 aliphatic carbocycles. The van der Waals surface area contributed by atoms with E-state index in [0.717, 1.165) is 27.9 Å². The summed E-state index contributed by atoms with van der Waals surface area (Å²) < 4.78 is 2.10. The van der Waals surface area contributed by atoms with Crippen LogP contribution < -0.4 is 5.46 Å². The summed E-state index contributed by atoms with van der Waals surface area (Å²) in [4.78, 5) is 4.63.